The third-order valence-electron chi connectivity index (χ3n) is 5.18. The predicted octanol–water partition coefficient (Wildman–Crippen LogP) is 0.565. The van der Waals surface area contributed by atoms with Gasteiger partial charge in [-0.2, -0.15) is 0 Å². The van der Waals surface area contributed by atoms with E-state index < -0.39 is 9.84 Å². The number of carbonyl (C=O) groups excluding carboxylic acids is 1. The predicted molar refractivity (Wildman–Crippen MR) is 107 cm³/mol. The van der Waals surface area contributed by atoms with Crippen molar-refractivity contribution in [3.05, 3.63) is 11.9 Å². The molecule has 28 heavy (non-hydrogen) atoms. The Kier molecular flexibility index (Phi) is 7.58. The molecule has 1 aliphatic heterocycles. The van der Waals surface area contributed by atoms with E-state index >= 15 is 0 Å². The summed E-state index contributed by atoms with van der Waals surface area (Å²) in [7, 11) is -2.89. The summed E-state index contributed by atoms with van der Waals surface area (Å²) < 4.78 is 31.2. The van der Waals surface area contributed by atoms with E-state index in [4.69, 9.17) is 4.74 Å². The van der Waals surface area contributed by atoms with Crippen LogP contribution < -0.4 is 5.32 Å². The van der Waals surface area contributed by atoms with Gasteiger partial charge in [0.2, 0.25) is 6.41 Å². The molecule has 0 unspecified atom stereocenters. The van der Waals surface area contributed by atoms with E-state index in [1.54, 1.807) is 6.20 Å². The number of hydrogen-bond donors (Lipinski definition) is 1. The number of amides is 1. The van der Waals surface area contributed by atoms with Crippen molar-refractivity contribution in [3.63, 3.8) is 0 Å². The van der Waals surface area contributed by atoms with Gasteiger partial charge < -0.3 is 10.1 Å². The average molecular weight is 416 g/mol. The highest BCUT2D eigenvalue weighted by Crippen LogP contribution is 2.24. The number of sulfone groups is 1. The standard InChI is InChI=1S/C18H33N5O4S/c1-17(2,6-10-27-18(3,4)5-7-19-15-24)23-16(13-20-21-23)14-22-8-11-28(25,26)12-9-22/h13,15H,5-12,14H2,1-4H3,(H,19,24). The fourth-order valence-corrected chi connectivity index (χ4v) is 4.48. The Morgan fingerprint density at radius 2 is 1.89 bits per heavy atom. The van der Waals surface area contributed by atoms with Crippen LogP contribution in [0.15, 0.2) is 6.20 Å². The minimum absolute atomic E-state index is 0.208. The van der Waals surface area contributed by atoms with E-state index in [2.05, 4.69) is 34.4 Å². The van der Waals surface area contributed by atoms with Crippen molar-refractivity contribution < 1.29 is 17.9 Å². The molecule has 0 atom stereocenters. The molecule has 0 bridgehead atoms. The molecule has 1 saturated heterocycles. The number of aromatic nitrogens is 3. The van der Waals surface area contributed by atoms with Crippen LogP contribution in [0.2, 0.25) is 0 Å². The normalized spacial score (nSPS) is 18.1. The lowest BCUT2D eigenvalue weighted by atomic mass is 10.00. The van der Waals surface area contributed by atoms with Crippen LogP contribution in [0.1, 0.15) is 46.2 Å². The lowest BCUT2D eigenvalue weighted by Gasteiger charge is -2.32. The maximum Gasteiger partial charge on any atom is 0.207 e. The first-order chi connectivity index (χ1) is 13.0. The van der Waals surface area contributed by atoms with E-state index in [9.17, 15) is 13.2 Å². The first-order valence-electron chi connectivity index (χ1n) is 9.68. The Hall–Kier alpha value is -1.52. The Morgan fingerprint density at radius 1 is 1.21 bits per heavy atom. The molecular formula is C18H33N5O4S. The van der Waals surface area contributed by atoms with Crippen molar-refractivity contribution in [3.8, 4) is 0 Å². The van der Waals surface area contributed by atoms with Gasteiger partial charge in [0.25, 0.3) is 0 Å². The van der Waals surface area contributed by atoms with E-state index in [-0.39, 0.29) is 22.6 Å². The van der Waals surface area contributed by atoms with Crippen LogP contribution in [-0.2, 0) is 31.5 Å². The Labute approximate surface area is 167 Å². The smallest absolute Gasteiger partial charge is 0.207 e. The van der Waals surface area contributed by atoms with Gasteiger partial charge in [0.05, 0.1) is 34.5 Å². The quantitative estimate of drug-likeness (QED) is 0.416. The molecule has 1 fully saturated rings. The molecule has 1 aromatic rings. The lowest BCUT2D eigenvalue weighted by Crippen LogP contribution is -2.41. The minimum Gasteiger partial charge on any atom is -0.375 e. The van der Waals surface area contributed by atoms with Crippen LogP contribution in [0.4, 0.5) is 0 Å². The van der Waals surface area contributed by atoms with Crippen molar-refractivity contribution in [2.45, 2.75) is 58.2 Å². The minimum atomic E-state index is -2.89. The maximum atomic E-state index is 11.6. The fraction of sp³-hybridized carbons (Fsp3) is 0.833. The van der Waals surface area contributed by atoms with Gasteiger partial charge in [-0.25, -0.2) is 13.1 Å². The number of carbonyl (C=O) groups is 1. The van der Waals surface area contributed by atoms with Crippen LogP contribution in [0, 0.1) is 0 Å². The molecule has 0 spiro atoms. The second kappa shape index (κ2) is 9.32. The molecule has 1 amide bonds. The number of nitrogens with zero attached hydrogens (tertiary/aromatic N) is 4. The highest BCUT2D eigenvalue weighted by atomic mass is 32.2. The zero-order valence-corrected chi connectivity index (χ0v) is 18.2. The topological polar surface area (TPSA) is 106 Å². The zero-order chi connectivity index (χ0) is 20.8. The molecule has 1 N–H and O–H groups in total. The summed E-state index contributed by atoms with van der Waals surface area (Å²) in [6, 6.07) is 0. The summed E-state index contributed by atoms with van der Waals surface area (Å²) in [6.45, 7) is 11.1. The van der Waals surface area contributed by atoms with Gasteiger partial charge in [-0.3, -0.25) is 9.69 Å². The van der Waals surface area contributed by atoms with Crippen LogP contribution >= 0.6 is 0 Å². The lowest BCUT2D eigenvalue weighted by molar-refractivity contribution is -0.109. The molecule has 160 valence electrons. The monoisotopic (exact) mass is 415 g/mol. The van der Waals surface area contributed by atoms with E-state index in [1.807, 2.05) is 18.5 Å². The fourth-order valence-electron chi connectivity index (χ4n) is 3.20. The highest BCUT2D eigenvalue weighted by molar-refractivity contribution is 7.91. The summed E-state index contributed by atoms with van der Waals surface area (Å²) >= 11 is 0. The largest absolute Gasteiger partial charge is 0.375 e. The summed E-state index contributed by atoms with van der Waals surface area (Å²) in [5.41, 5.74) is 0.361. The van der Waals surface area contributed by atoms with Crippen LogP contribution in [-0.4, -0.2) is 78.1 Å². The molecule has 1 aromatic heterocycles. The molecule has 0 aliphatic carbocycles. The number of ether oxygens (including phenoxy) is 1. The second-order valence-corrected chi connectivity index (χ2v) is 10.9. The summed E-state index contributed by atoms with van der Waals surface area (Å²) in [6.07, 6.45) is 3.94. The Bertz CT molecular complexity index is 731. The van der Waals surface area contributed by atoms with Gasteiger partial charge in [0.1, 0.15) is 0 Å². The molecule has 2 heterocycles. The molecule has 9 nitrogen and oxygen atoms in total. The number of hydrogen-bond acceptors (Lipinski definition) is 7. The number of nitrogens with one attached hydrogen (secondary N) is 1. The van der Waals surface area contributed by atoms with Crippen molar-refractivity contribution >= 4 is 16.2 Å². The van der Waals surface area contributed by atoms with E-state index in [0.29, 0.717) is 39.2 Å². The molecule has 0 saturated carbocycles. The third kappa shape index (κ3) is 6.82. The molecule has 1 aliphatic rings. The molecule has 2 rings (SSSR count). The van der Waals surface area contributed by atoms with Gasteiger partial charge in [-0.15, -0.1) is 5.10 Å². The number of rotatable bonds is 11. The second-order valence-electron chi connectivity index (χ2n) is 8.56. The molecule has 0 aromatic carbocycles. The van der Waals surface area contributed by atoms with Gasteiger partial charge in [0, 0.05) is 32.8 Å². The zero-order valence-electron chi connectivity index (χ0n) is 17.3. The molecule has 10 heteroatoms. The summed E-state index contributed by atoms with van der Waals surface area (Å²) in [4.78, 5) is 12.5. The van der Waals surface area contributed by atoms with Crippen LogP contribution in [0.25, 0.3) is 0 Å². The van der Waals surface area contributed by atoms with Crippen LogP contribution in [0.3, 0.4) is 0 Å². The maximum absolute atomic E-state index is 11.6. The van der Waals surface area contributed by atoms with E-state index in [0.717, 1.165) is 18.5 Å². The van der Waals surface area contributed by atoms with Crippen molar-refractivity contribution in [1.82, 2.24) is 25.2 Å². The molecular weight excluding hydrogens is 382 g/mol. The van der Waals surface area contributed by atoms with Gasteiger partial charge in [-0.05, 0) is 40.5 Å². The van der Waals surface area contributed by atoms with Crippen molar-refractivity contribution in [2.24, 2.45) is 0 Å². The SMILES string of the molecule is CC(C)(CCNC=O)OCCC(C)(C)n1nncc1CN1CCS(=O)(=O)CC1. The van der Waals surface area contributed by atoms with Gasteiger partial charge in [-0.1, -0.05) is 5.21 Å². The van der Waals surface area contributed by atoms with Crippen molar-refractivity contribution in [2.75, 3.05) is 37.7 Å². The van der Waals surface area contributed by atoms with Crippen LogP contribution in [0.5, 0.6) is 0 Å². The summed E-state index contributed by atoms with van der Waals surface area (Å²) in [5.74, 6) is 0.416. The average Bonchev–Trinajstić information content (AvgIpc) is 3.06. The Morgan fingerprint density at radius 3 is 2.54 bits per heavy atom. The first kappa shape index (κ1) is 22.8. The first-order valence-corrected chi connectivity index (χ1v) is 11.5. The molecule has 0 radical (unpaired) electrons. The Balaban J connectivity index is 1.90. The summed E-state index contributed by atoms with van der Waals surface area (Å²) in [5, 5.41) is 11.0. The van der Waals surface area contributed by atoms with E-state index in [1.165, 1.54) is 0 Å². The highest BCUT2D eigenvalue weighted by Gasteiger charge is 2.28. The third-order valence-corrected chi connectivity index (χ3v) is 6.79. The van der Waals surface area contributed by atoms with Crippen molar-refractivity contribution in [1.29, 1.82) is 0 Å². The van der Waals surface area contributed by atoms with Gasteiger partial charge >= 0.3 is 0 Å². The van der Waals surface area contributed by atoms with Gasteiger partial charge in [0.15, 0.2) is 9.84 Å².